The van der Waals surface area contributed by atoms with Crippen molar-refractivity contribution in [2.24, 2.45) is 11.7 Å². The number of nitrogens with one attached hydrogen (secondary N) is 1. The molecule has 2 rings (SSSR count). The van der Waals surface area contributed by atoms with Crippen LogP contribution in [-0.4, -0.2) is 11.8 Å². The van der Waals surface area contributed by atoms with Gasteiger partial charge in [-0.2, -0.15) is 0 Å². The van der Waals surface area contributed by atoms with E-state index in [2.05, 4.69) is 21.2 Å². The monoisotopic (exact) mass is 282 g/mol. The Morgan fingerprint density at radius 1 is 1.38 bits per heavy atom. The first-order valence-electron chi connectivity index (χ1n) is 4.98. The largest absolute Gasteiger partial charge is 0.366 e. The molecule has 1 fully saturated rings. The van der Waals surface area contributed by atoms with E-state index in [4.69, 9.17) is 5.73 Å². The Morgan fingerprint density at radius 3 is 2.62 bits per heavy atom. The first-order chi connectivity index (χ1) is 7.58. The predicted molar refractivity (Wildman–Crippen MR) is 64.0 cm³/mol. The third kappa shape index (κ3) is 2.41. The summed E-state index contributed by atoms with van der Waals surface area (Å²) in [6, 6.07) is 5.03. The van der Waals surface area contributed by atoms with Gasteiger partial charge in [0.05, 0.1) is 11.3 Å². The first kappa shape index (κ1) is 11.1. The average molecular weight is 283 g/mol. The SMILES string of the molecule is NC(=O)c1cc(Br)ccc1NC(=O)C1CC1. The van der Waals surface area contributed by atoms with Crippen LogP contribution in [0.5, 0.6) is 0 Å². The third-order valence-corrected chi connectivity index (χ3v) is 2.95. The van der Waals surface area contributed by atoms with Crippen molar-refractivity contribution in [2.75, 3.05) is 5.32 Å². The summed E-state index contributed by atoms with van der Waals surface area (Å²) >= 11 is 3.25. The molecule has 1 aliphatic carbocycles. The van der Waals surface area contributed by atoms with Gasteiger partial charge < -0.3 is 11.1 Å². The Hall–Kier alpha value is -1.36. The van der Waals surface area contributed by atoms with E-state index >= 15 is 0 Å². The van der Waals surface area contributed by atoms with E-state index in [0.29, 0.717) is 11.3 Å². The number of primary amides is 1. The maximum absolute atomic E-state index is 11.6. The van der Waals surface area contributed by atoms with Gasteiger partial charge in [-0.3, -0.25) is 9.59 Å². The molecule has 0 unspecified atom stereocenters. The molecule has 5 heteroatoms. The van der Waals surface area contributed by atoms with Crippen LogP contribution in [0.1, 0.15) is 23.2 Å². The Balaban J connectivity index is 2.24. The van der Waals surface area contributed by atoms with Crippen molar-refractivity contribution in [3.63, 3.8) is 0 Å². The lowest BCUT2D eigenvalue weighted by Gasteiger charge is -2.08. The second kappa shape index (κ2) is 4.25. The summed E-state index contributed by atoms with van der Waals surface area (Å²) in [6.07, 6.45) is 1.85. The fourth-order valence-electron chi connectivity index (χ4n) is 1.41. The molecule has 0 aliphatic heterocycles. The first-order valence-corrected chi connectivity index (χ1v) is 5.77. The lowest BCUT2D eigenvalue weighted by Crippen LogP contribution is -2.19. The second-order valence-electron chi connectivity index (χ2n) is 3.82. The Morgan fingerprint density at radius 2 is 2.06 bits per heavy atom. The number of amides is 2. The molecule has 1 aromatic rings. The number of carbonyl (C=O) groups is 2. The van der Waals surface area contributed by atoms with E-state index in [-0.39, 0.29) is 11.8 Å². The van der Waals surface area contributed by atoms with Crippen LogP contribution in [0.25, 0.3) is 0 Å². The van der Waals surface area contributed by atoms with Gasteiger partial charge >= 0.3 is 0 Å². The number of rotatable bonds is 3. The molecule has 84 valence electrons. The number of anilines is 1. The van der Waals surface area contributed by atoms with Gasteiger partial charge in [0, 0.05) is 10.4 Å². The van der Waals surface area contributed by atoms with Crippen molar-refractivity contribution in [3.8, 4) is 0 Å². The van der Waals surface area contributed by atoms with Crippen LogP contribution in [-0.2, 0) is 4.79 Å². The molecular weight excluding hydrogens is 272 g/mol. The van der Waals surface area contributed by atoms with Crippen LogP contribution in [0.3, 0.4) is 0 Å². The Bertz CT molecular complexity index is 455. The number of benzene rings is 1. The van der Waals surface area contributed by atoms with Gasteiger partial charge in [-0.15, -0.1) is 0 Å². The molecule has 0 bridgehead atoms. The molecule has 1 aliphatic rings. The van der Waals surface area contributed by atoms with Gasteiger partial charge in [0.25, 0.3) is 5.91 Å². The van der Waals surface area contributed by atoms with Gasteiger partial charge in [0.1, 0.15) is 0 Å². The summed E-state index contributed by atoms with van der Waals surface area (Å²) in [5, 5.41) is 2.72. The summed E-state index contributed by atoms with van der Waals surface area (Å²) < 4.78 is 0.755. The van der Waals surface area contributed by atoms with Crippen molar-refractivity contribution >= 4 is 33.4 Å². The zero-order valence-corrected chi connectivity index (χ0v) is 10.1. The topological polar surface area (TPSA) is 72.2 Å². The highest BCUT2D eigenvalue weighted by atomic mass is 79.9. The Kier molecular flexibility index (Phi) is 2.96. The number of hydrogen-bond acceptors (Lipinski definition) is 2. The van der Waals surface area contributed by atoms with Crippen LogP contribution in [0, 0.1) is 5.92 Å². The van der Waals surface area contributed by atoms with Gasteiger partial charge in [-0.05, 0) is 31.0 Å². The molecule has 3 N–H and O–H groups in total. The molecule has 2 amide bonds. The van der Waals surface area contributed by atoms with E-state index in [1.54, 1.807) is 18.2 Å². The summed E-state index contributed by atoms with van der Waals surface area (Å²) in [4.78, 5) is 22.8. The number of carbonyl (C=O) groups excluding carboxylic acids is 2. The van der Waals surface area contributed by atoms with E-state index < -0.39 is 5.91 Å². The number of halogens is 1. The van der Waals surface area contributed by atoms with E-state index in [1.807, 2.05) is 0 Å². The minimum Gasteiger partial charge on any atom is -0.366 e. The quantitative estimate of drug-likeness (QED) is 0.889. The van der Waals surface area contributed by atoms with Gasteiger partial charge in [-0.1, -0.05) is 15.9 Å². The molecule has 16 heavy (non-hydrogen) atoms. The van der Waals surface area contributed by atoms with Crippen LogP contribution in [0.4, 0.5) is 5.69 Å². The zero-order valence-electron chi connectivity index (χ0n) is 8.50. The normalized spacial score (nSPS) is 14.6. The number of hydrogen-bond donors (Lipinski definition) is 2. The zero-order chi connectivity index (χ0) is 11.7. The van der Waals surface area contributed by atoms with Crippen molar-refractivity contribution < 1.29 is 9.59 Å². The molecule has 0 heterocycles. The van der Waals surface area contributed by atoms with Crippen molar-refractivity contribution in [1.29, 1.82) is 0 Å². The molecule has 0 spiro atoms. The molecule has 0 atom stereocenters. The average Bonchev–Trinajstić information content (AvgIpc) is 3.03. The summed E-state index contributed by atoms with van der Waals surface area (Å²) in [5.74, 6) is -0.485. The van der Waals surface area contributed by atoms with Crippen LogP contribution >= 0.6 is 15.9 Å². The lowest BCUT2D eigenvalue weighted by molar-refractivity contribution is -0.117. The molecule has 0 saturated heterocycles. The summed E-state index contributed by atoms with van der Waals surface area (Å²) in [7, 11) is 0. The maximum atomic E-state index is 11.6. The van der Waals surface area contributed by atoms with Crippen LogP contribution in [0.15, 0.2) is 22.7 Å². The summed E-state index contributed by atoms with van der Waals surface area (Å²) in [6.45, 7) is 0. The van der Waals surface area contributed by atoms with Crippen molar-refractivity contribution in [3.05, 3.63) is 28.2 Å². The minimum absolute atomic E-state index is 0.0372. The van der Waals surface area contributed by atoms with Crippen LogP contribution in [0.2, 0.25) is 0 Å². The summed E-state index contributed by atoms with van der Waals surface area (Å²) in [5.41, 5.74) is 6.04. The maximum Gasteiger partial charge on any atom is 0.250 e. The molecular formula is C11H11BrN2O2. The highest BCUT2D eigenvalue weighted by Crippen LogP contribution is 2.31. The van der Waals surface area contributed by atoms with Crippen LogP contribution < -0.4 is 11.1 Å². The lowest BCUT2D eigenvalue weighted by atomic mass is 10.1. The smallest absolute Gasteiger partial charge is 0.250 e. The van der Waals surface area contributed by atoms with Gasteiger partial charge in [0.2, 0.25) is 5.91 Å². The highest BCUT2D eigenvalue weighted by Gasteiger charge is 2.30. The standard InChI is InChI=1S/C11H11BrN2O2/c12-7-3-4-9(8(5-7)10(13)15)14-11(16)6-1-2-6/h3-6H,1-2H2,(H2,13,15)(H,14,16). The number of nitrogens with two attached hydrogens (primary N) is 1. The minimum atomic E-state index is -0.549. The fraction of sp³-hybridized carbons (Fsp3) is 0.273. The molecule has 1 saturated carbocycles. The van der Waals surface area contributed by atoms with E-state index in [9.17, 15) is 9.59 Å². The molecule has 4 nitrogen and oxygen atoms in total. The fourth-order valence-corrected chi connectivity index (χ4v) is 1.77. The predicted octanol–water partition coefficient (Wildman–Crippen LogP) is 1.90. The second-order valence-corrected chi connectivity index (χ2v) is 4.73. The molecule has 0 aromatic heterocycles. The van der Waals surface area contributed by atoms with Gasteiger partial charge in [0.15, 0.2) is 0 Å². The Labute approximate surface area is 101 Å². The van der Waals surface area contributed by atoms with E-state index in [0.717, 1.165) is 17.3 Å². The van der Waals surface area contributed by atoms with Gasteiger partial charge in [-0.25, -0.2) is 0 Å². The molecule has 1 aromatic carbocycles. The van der Waals surface area contributed by atoms with E-state index in [1.165, 1.54) is 0 Å². The highest BCUT2D eigenvalue weighted by molar-refractivity contribution is 9.10. The van der Waals surface area contributed by atoms with Crippen molar-refractivity contribution in [1.82, 2.24) is 0 Å². The van der Waals surface area contributed by atoms with Crippen molar-refractivity contribution in [2.45, 2.75) is 12.8 Å². The molecule has 0 radical (unpaired) electrons. The third-order valence-electron chi connectivity index (χ3n) is 2.45.